The molecule has 1 aliphatic rings. The van der Waals surface area contributed by atoms with Gasteiger partial charge in [0, 0.05) is 19.0 Å². The molecule has 2 aromatic rings. The Hall–Kier alpha value is -2.71. The molecule has 3 heterocycles. The quantitative estimate of drug-likeness (QED) is 0.792. The molecule has 0 aromatic carbocycles. The first kappa shape index (κ1) is 17.1. The molecule has 1 atom stereocenters. The van der Waals surface area contributed by atoms with Gasteiger partial charge in [0.1, 0.15) is 18.2 Å². The van der Waals surface area contributed by atoms with Crippen molar-refractivity contribution in [2.24, 2.45) is 5.92 Å². The van der Waals surface area contributed by atoms with E-state index in [9.17, 15) is 9.59 Å². The molecule has 9 heteroatoms. The van der Waals surface area contributed by atoms with Gasteiger partial charge in [-0.2, -0.15) is 4.52 Å². The summed E-state index contributed by atoms with van der Waals surface area (Å²) in [5.41, 5.74) is 0.689. The van der Waals surface area contributed by atoms with Gasteiger partial charge in [0.25, 0.3) is 0 Å². The zero-order valence-electron chi connectivity index (χ0n) is 14.1. The van der Waals surface area contributed by atoms with Gasteiger partial charge in [-0.15, -0.1) is 15.3 Å². The molecule has 0 bridgehead atoms. The van der Waals surface area contributed by atoms with Crippen molar-refractivity contribution in [3.05, 3.63) is 18.5 Å². The van der Waals surface area contributed by atoms with E-state index in [-0.39, 0.29) is 11.8 Å². The lowest BCUT2D eigenvalue weighted by atomic mass is 9.95. The van der Waals surface area contributed by atoms with Crippen molar-refractivity contribution in [1.82, 2.24) is 25.1 Å². The Kier molecular flexibility index (Phi) is 5.11. The number of aliphatic carboxylic acids is 1. The molecule has 2 aromatic heterocycles. The van der Waals surface area contributed by atoms with Gasteiger partial charge in [0.05, 0.1) is 0 Å². The standard InChI is InChI=1S/C16H22N6O3/c1-2-3-12(16(24)25)18-15(23)11-6-8-21(9-7-11)14-5-4-13-19-17-10-22(13)20-14/h4-5,10-12H,2-3,6-9H2,1H3,(H,18,23)(H,24,25). The maximum absolute atomic E-state index is 12.3. The number of amides is 1. The van der Waals surface area contributed by atoms with Crippen molar-refractivity contribution >= 4 is 23.3 Å². The third-order valence-corrected chi connectivity index (χ3v) is 4.53. The number of carboxylic acids is 1. The van der Waals surface area contributed by atoms with Gasteiger partial charge in [0.2, 0.25) is 5.91 Å². The van der Waals surface area contributed by atoms with E-state index in [1.54, 1.807) is 10.8 Å². The number of carbonyl (C=O) groups excluding carboxylic acids is 1. The zero-order valence-corrected chi connectivity index (χ0v) is 14.1. The molecule has 9 nitrogen and oxygen atoms in total. The summed E-state index contributed by atoms with van der Waals surface area (Å²) in [6, 6.07) is 2.95. The number of hydrogen-bond acceptors (Lipinski definition) is 6. The average molecular weight is 346 g/mol. The second-order valence-corrected chi connectivity index (χ2v) is 6.27. The van der Waals surface area contributed by atoms with Crippen molar-refractivity contribution in [1.29, 1.82) is 0 Å². The predicted molar refractivity (Wildman–Crippen MR) is 90.2 cm³/mol. The lowest BCUT2D eigenvalue weighted by Gasteiger charge is -2.32. The molecule has 3 rings (SSSR count). The van der Waals surface area contributed by atoms with Crippen LogP contribution in [0.25, 0.3) is 5.65 Å². The molecule has 0 aliphatic carbocycles. The van der Waals surface area contributed by atoms with E-state index in [1.807, 2.05) is 19.1 Å². The predicted octanol–water partition coefficient (Wildman–Crippen LogP) is 0.710. The van der Waals surface area contributed by atoms with E-state index in [0.29, 0.717) is 44.4 Å². The molecule has 0 spiro atoms. The fourth-order valence-electron chi connectivity index (χ4n) is 3.09. The molecule has 0 saturated carbocycles. The van der Waals surface area contributed by atoms with Crippen LogP contribution >= 0.6 is 0 Å². The van der Waals surface area contributed by atoms with Crippen molar-refractivity contribution in [2.45, 2.75) is 38.6 Å². The Morgan fingerprint density at radius 3 is 2.80 bits per heavy atom. The molecule has 134 valence electrons. The van der Waals surface area contributed by atoms with Crippen molar-refractivity contribution in [3.8, 4) is 0 Å². The summed E-state index contributed by atoms with van der Waals surface area (Å²) in [5.74, 6) is -0.476. The Morgan fingerprint density at radius 2 is 2.12 bits per heavy atom. The van der Waals surface area contributed by atoms with Gasteiger partial charge in [0.15, 0.2) is 5.65 Å². The lowest BCUT2D eigenvalue weighted by Crippen LogP contribution is -2.46. The molecule has 1 unspecified atom stereocenters. The Morgan fingerprint density at radius 1 is 1.36 bits per heavy atom. The van der Waals surface area contributed by atoms with Crippen LogP contribution in [0.15, 0.2) is 18.5 Å². The third kappa shape index (κ3) is 3.86. The topological polar surface area (TPSA) is 113 Å². The maximum atomic E-state index is 12.3. The van der Waals surface area contributed by atoms with Gasteiger partial charge in [-0.3, -0.25) is 4.79 Å². The smallest absolute Gasteiger partial charge is 0.326 e. The Balaban J connectivity index is 1.57. The van der Waals surface area contributed by atoms with Crippen LogP contribution in [0.4, 0.5) is 5.82 Å². The Bertz CT molecular complexity index is 753. The summed E-state index contributed by atoms with van der Waals surface area (Å²) in [6.07, 6.45) is 4.06. The molecular formula is C16H22N6O3. The van der Waals surface area contributed by atoms with Gasteiger partial charge < -0.3 is 15.3 Å². The van der Waals surface area contributed by atoms with E-state index >= 15 is 0 Å². The minimum Gasteiger partial charge on any atom is -0.480 e. The SMILES string of the molecule is CCCC(NC(=O)C1CCN(c2ccc3nncn3n2)CC1)C(=O)O. The van der Waals surface area contributed by atoms with Gasteiger partial charge in [-0.05, 0) is 31.4 Å². The first-order chi connectivity index (χ1) is 12.1. The minimum atomic E-state index is -0.973. The number of carboxylic acid groups (broad SMARTS) is 1. The molecule has 1 amide bonds. The normalized spacial score (nSPS) is 16.8. The van der Waals surface area contributed by atoms with Gasteiger partial charge >= 0.3 is 5.97 Å². The van der Waals surface area contributed by atoms with Crippen LogP contribution in [0.2, 0.25) is 0 Å². The van der Waals surface area contributed by atoms with Crippen LogP contribution < -0.4 is 10.2 Å². The van der Waals surface area contributed by atoms with E-state index < -0.39 is 12.0 Å². The van der Waals surface area contributed by atoms with Crippen LogP contribution in [0, 0.1) is 5.92 Å². The average Bonchev–Trinajstić information content (AvgIpc) is 3.09. The molecule has 1 fully saturated rings. The van der Waals surface area contributed by atoms with Crippen molar-refractivity contribution in [3.63, 3.8) is 0 Å². The lowest BCUT2D eigenvalue weighted by molar-refractivity contribution is -0.142. The van der Waals surface area contributed by atoms with E-state index in [0.717, 1.165) is 5.82 Å². The molecule has 1 aliphatic heterocycles. The van der Waals surface area contributed by atoms with E-state index in [2.05, 4.69) is 25.5 Å². The zero-order chi connectivity index (χ0) is 17.8. The summed E-state index contributed by atoms with van der Waals surface area (Å²) in [7, 11) is 0. The van der Waals surface area contributed by atoms with Gasteiger partial charge in [-0.25, -0.2) is 4.79 Å². The summed E-state index contributed by atoms with van der Waals surface area (Å²) >= 11 is 0. The number of fused-ring (bicyclic) bond motifs is 1. The van der Waals surface area contributed by atoms with E-state index in [4.69, 9.17) is 5.11 Å². The van der Waals surface area contributed by atoms with Crippen molar-refractivity contribution in [2.75, 3.05) is 18.0 Å². The number of nitrogens with one attached hydrogen (secondary N) is 1. The van der Waals surface area contributed by atoms with Crippen LogP contribution in [0.1, 0.15) is 32.6 Å². The summed E-state index contributed by atoms with van der Waals surface area (Å²) in [5, 5.41) is 24.0. The molecule has 2 N–H and O–H groups in total. The fourth-order valence-corrected chi connectivity index (χ4v) is 3.09. The van der Waals surface area contributed by atoms with Crippen LogP contribution in [0.3, 0.4) is 0 Å². The highest BCUT2D eigenvalue weighted by Gasteiger charge is 2.28. The van der Waals surface area contributed by atoms with Crippen LogP contribution in [0.5, 0.6) is 0 Å². The number of carbonyl (C=O) groups is 2. The first-order valence-corrected chi connectivity index (χ1v) is 8.53. The number of aromatic nitrogens is 4. The first-order valence-electron chi connectivity index (χ1n) is 8.53. The van der Waals surface area contributed by atoms with E-state index in [1.165, 1.54) is 0 Å². The highest BCUT2D eigenvalue weighted by Crippen LogP contribution is 2.22. The maximum Gasteiger partial charge on any atom is 0.326 e. The van der Waals surface area contributed by atoms with Crippen LogP contribution in [-0.2, 0) is 9.59 Å². The number of hydrogen-bond donors (Lipinski definition) is 2. The van der Waals surface area contributed by atoms with Crippen LogP contribution in [-0.4, -0.2) is 55.9 Å². The van der Waals surface area contributed by atoms with Crippen molar-refractivity contribution < 1.29 is 14.7 Å². The number of piperidine rings is 1. The van der Waals surface area contributed by atoms with Gasteiger partial charge in [-0.1, -0.05) is 13.3 Å². The summed E-state index contributed by atoms with van der Waals surface area (Å²) in [4.78, 5) is 25.6. The fraction of sp³-hybridized carbons (Fsp3) is 0.562. The monoisotopic (exact) mass is 346 g/mol. The second kappa shape index (κ2) is 7.45. The minimum absolute atomic E-state index is 0.159. The molecule has 1 saturated heterocycles. The number of rotatable bonds is 6. The molecule has 0 radical (unpaired) electrons. The summed E-state index contributed by atoms with van der Waals surface area (Å²) in [6.45, 7) is 3.30. The second-order valence-electron chi connectivity index (χ2n) is 6.27. The number of nitrogens with zero attached hydrogens (tertiary/aromatic N) is 5. The molecule has 25 heavy (non-hydrogen) atoms. The highest BCUT2D eigenvalue weighted by atomic mass is 16.4. The Labute approximate surface area is 145 Å². The summed E-state index contributed by atoms with van der Waals surface area (Å²) < 4.78 is 1.62. The molecular weight excluding hydrogens is 324 g/mol. The largest absolute Gasteiger partial charge is 0.480 e. The number of anilines is 1. The third-order valence-electron chi connectivity index (χ3n) is 4.53. The highest BCUT2D eigenvalue weighted by molar-refractivity contribution is 5.85.